The number of H-pyrrole nitrogens is 1. The van der Waals surface area contributed by atoms with Crippen molar-refractivity contribution in [2.45, 2.75) is 19.4 Å². The summed E-state index contributed by atoms with van der Waals surface area (Å²) in [6.45, 7) is 2.91. The summed E-state index contributed by atoms with van der Waals surface area (Å²) in [7, 11) is 0. The Kier molecular flexibility index (Phi) is 2.12. The maximum absolute atomic E-state index is 11.3. The van der Waals surface area contributed by atoms with Crippen LogP contribution >= 0.6 is 0 Å². The van der Waals surface area contributed by atoms with E-state index in [0.29, 0.717) is 5.56 Å². The predicted molar refractivity (Wildman–Crippen MR) is 58.6 cm³/mol. The standard InChI is InChI=1S/C12H13NO2/c1-8(14)12(2,15)10-7-13-11-6-4-3-5-9(10)11/h3-7,13,15H,1-2H3/t12-/m1/s1. The van der Waals surface area contributed by atoms with Crippen molar-refractivity contribution in [3.8, 4) is 0 Å². The van der Waals surface area contributed by atoms with E-state index in [-0.39, 0.29) is 5.78 Å². The molecule has 0 amide bonds. The van der Waals surface area contributed by atoms with Crippen molar-refractivity contribution in [1.29, 1.82) is 0 Å². The van der Waals surface area contributed by atoms with Gasteiger partial charge in [0.2, 0.25) is 0 Å². The zero-order chi connectivity index (χ0) is 11.1. The zero-order valence-corrected chi connectivity index (χ0v) is 8.74. The van der Waals surface area contributed by atoms with Gasteiger partial charge >= 0.3 is 0 Å². The molecule has 2 aromatic rings. The van der Waals surface area contributed by atoms with E-state index >= 15 is 0 Å². The lowest BCUT2D eigenvalue weighted by atomic mass is 9.92. The number of carbonyl (C=O) groups excluding carboxylic acids is 1. The fourth-order valence-electron chi connectivity index (χ4n) is 1.66. The minimum Gasteiger partial charge on any atom is -0.378 e. The normalized spacial score (nSPS) is 15.1. The zero-order valence-electron chi connectivity index (χ0n) is 8.74. The molecule has 2 N–H and O–H groups in total. The summed E-state index contributed by atoms with van der Waals surface area (Å²) >= 11 is 0. The van der Waals surface area contributed by atoms with Gasteiger partial charge in [-0.25, -0.2) is 0 Å². The van der Waals surface area contributed by atoms with E-state index in [4.69, 9.17) is 0 Å². The first kappa shape index (κ1) is 9.93. The van der Waals surface area contributed by atoms with Crippen molar-refractivity contribution >= 4 is 16.7 Å². The van der Waals surface area contributed by atoms with Crippen LogP contribution in [0.5, 0.6) is 0 Å². The molecule has 0 spiro atoms. The summed E-state index contributed by atoms with van der Waals surface area (Å²) in [5.41, 5.74) is 0.138. The molecule has 1 heterocycles. The van der Waals surface area contributed by atoms with E-state index in [1.165, 1.54) is 13.8 Å². The second kappa shape index (κ2) is 3.21. The van der Waals surface area contributed by atoms with Crippen LogP contribution in [-0.2, 0) is 10.4 Å². The Labute approximate surface area is 87.7 Å². The molecule has 0 aliphatic heterocycles. The molecule has 0 unspecified atom stereocenters. The Bertz CT molecular complexity index is 511. The number of aliphatic hydroxyl groups is 1. The third-order valence-corrected chi connectivity index (χ3v) is 2.80. The first-order chi connectivity index (χ1) is 7.03. The Morgan fingerprint density at radius 1 is 1.40 bits per heavy atom. The van der Waals surface area contributed by atoms with Crippen molar-refractivity contribution < 1.29 is 9.90 Å². The number of hydrogen-bond acceptors (Lipinski definition) is 2. The summed E-state index contributed by atoms with van der Waals surface area (Å²) < 4.78 is 0. The largest absolute Gasteiger partial charge is 0.378 e. The molecule has 0 saturated carbocycles. The smallest absolute Gasteiger partial charge is 0.165 e. The third-order valence-electron chi connectivity index (χ3n) is 2.80. The van der Waals surface area contributed by atoms with Gasteiger partial charge in [-0.2, -0.15) is 0 Å². The molecule has 0 fully saturated rings. The third kappa shape index (κ3) is 1.45. The highest BCUT2D eigenvalue weighted by Crippen LogP contribution is 2.28. The van der Waals surface area contributed by atoms with Crippen LogP contribution in [0.4, 0.5) is 0 Å². The van der Waals surface area contributed by atoms with Gasteiger partial charge in [-0.05, 0) is 19.9 Å². The molecular formula is C12H13NO2. The van der Waals surface area contributed by atoms with Crippen LogP contribution in [0.1, 0.15) is 19.4 Å². The average Bonchev–Trinajstić information content (AvgIpc) is 2.61. The highest BCUT2D eigenvalue weighted by Gasteiger charge is 2.31. The van der Waals surface area contributed by atoms with E-state index in [1.54, 1.807) is 6.20 Å². The minimum atomic E-state index is -1.42. The molecule has 15 heavy (non-hydrogen) atoms. The number of rotatable bonds is 2. The van der Waals surface area contributed by atoms with Crippen molar-refractivity contribution in [1.82, 2.24) is 4.98 Å². The van der Waals surface area contributed by atoms with Gasteiger partial charge in [0.05, 0.1) is 0 Å². The number of para-hydroxylation sites is 1. The molecule has 0 saturated heterocycles. The molecule has 3 nitrogen and oxygen atoms in total. The lowest BCUT2D eigenvalue weighted by Crippen LogP contribution is -2.29. The molecule has 1 aromatic heterocycles. The monoisotopic (exact) mass is 203 g/mol. The lowest BCUT2D eigenvalue weighted by molar-refractivity contribution is -0.134. The summed E-state index contributed by atoms with van der Waals surface area (Å²) in [6.07, 6.45) is 1.69. The van der Waals surface area contributed by atoms with Crippen LogP contribution in [0, 0.1) is 0 Å². The quantitative estimate of drug-likeness (QED) is 0.784. The van der Waals surface area contributed by atoms with Crippen LogP contribution in [-0.4, -0.2) is 15.9 Å². The van der Waals surface area contributed by atoms with Gasteiger partial charge in [0.25, 0.3) is 0 Å². The number of fused-ring (bicyclic) bond motifs is 1. The topological polar surface area (TPSA) is 53.1 Å². The van der Waals surface area contributed by atoms with Crippen LogP contribution < -0.4 is 0 Å². The maximum atomic E-state index is 11.3. The molecule has 0 aliphatic rings. The number of benzene rings is 1. The van der Waals surface area contributed by atoms with Crippen LogP contribution in [0.2, 0.25) is 0 Å². The molecule has 3 heteroatoms. The lowest BCUT2D eigenvalue weighted by Gasteiger charge is -2.18. The van der Waals surface area contributed by atoms with Gasteiger partial charge in [-0.3, -0.25) is 4.79 Å². The van der Waals surface area contributed by atoms with Crippen molar-refractivity contribution in [2.24, 2.45) is 0 Å². The van der Waals surface area contributed by atoms with Crippen LogP contribution in [0.25, 0.3) is 10.9 Å². The molecular weight excluding hydrogens is 190 g/mol. The first-order valence-electron chi connectivity index (χ1n) is 4.83. The van der Waals surface area contributed by atoms with Gasteiger partial charge in [0.15, 0.2) is 5.78 Å². The highest BCUT2D eigenvalue weighted by atomic mass is 16.3. The summed E-state index contributed by atoms with van der Waals surface area (Å²) in [4.78, 5) is 14.4. The molecule has 2 rings (SSSR count). The van der Waals surface area contributed by atoms with Crippen molar-refractivity contribution in [2.75, 3.05) is 0 Å². The van der Waals surface area contributed by atoms with Crippen molar-refractivity contribution in [3.63, 3.8) is 0 Å². The van der Waals surface area contributed by atoms with E-state index in [2.05, 4.69) is 4.98 Å². The molecule has 0 aliphatic carbocycles. The van der Waals surface area contributed by atoms with Gasteiger partial charge in [-0.1, -0.05) is 18.2 Å². The molecule has 78 valence electrons. The number of carbonyl (C=O) groups is 1. The van der Waals surface area contributed by atoms with E-state index in [1.807, 2.05) is 24.3 Å². The van der Waals surface area contributed by atoms with E-state index in [9.17, 15) is 9.90 Å². The van der Waals surface area contributed by atoms with Crippen LogP contribution in [0.15, 0.2) is 30.5 Å². The number of nitrogens with one attached hydrogen (secondary N) is 1. The maximum Gasteiger partial charge on any atom is 0.165 e. The number of Topliss-reactive ketones (excluding diaryl/α,β-unsaturated/α-hetero) is 1. The first-order valence-corrected chi connectivity index (χ1v) is 4.83. The van der Waals surface area contributed by atoms with Gasteiger partial charge in [-0.15, -0.1) is 0 Å². The Morgan fingerprint density at radius 2 is 2.07 bits per heavy atom. The van der Waals surface area contributed by atoms with Crippen molar-refractivity contribution in [3.05, 3.63) is 36.0 Å². The number of ketones is 1. The second-order valence-corrected chi connectivity index (χ2v) is 3.88. The number of hydrogen-bond donors (Lipinski definition) is 2. The van der Waals surface area contributed by atoms with E-state index in [0.717, 1.165) is 10.9 Å². The van der Waals surface area contributed by atoms with Gasteiger partial charge in [0.1, 0.15) is 5.60 Å². The predicted octanol–water partition coefficient (Wildman–Crippen LogP) is 1.96. The SMILES string of the molecule is CC(=O)[C@@](C)(O)c1c[nH]c2ccccc12. The van der Waals surface area contributed by atoms with E-state index < -0.39 is 5.60 Å². The Morgan fingerprint density at radius 3 is 2.73 bits per heavy atom. The van der Waals surface area contributed by atoms with Gasteiger partial charge in [0, 0.05) is 22.7 Å². The van der Waals surface area contributed by atoms with Gasteiger partial charge < -0.3 is 10.1 Å². The molecule has 0 bridgehead atoms. The highest BCUT2D eigenvalue weighted by molar-refractivity contribution is 5.93. The minimum absolute atomic E-state index is 0.257. The summed E-state index contributed by atoms with van der Waals surface area (Å²) in [5, 5.41) is 11.0. The Hall–Kier alpha value is -1.61. The number of aromatic amines is 1. The summed E-state index contributed by atoms with van der Waals surface area (Å²) in [5.74, 6) is -0.257. The molecule has 1 aromatic carbocycles. The molecule has 1 atom stereocenters. The fourth-order valence-corrected chi connectivity index (χ4v) is 1.66. The second-order valence-electron chi connectivity index (χ2n) is 3.88. The fraction of sp³-hybridized carbons (Fsp3) is 0.250. The summed E-state index contributed by atoms with van der Waals surface area (Å²) in [6, 6.07) is 7.59. The Balaban J connectivity index is 2.67. The molecule has 0 radical (unpaired) electrons. The average molecular weight is 203 g/mol. The van der Waals surface area contributed by atoms with Crippen LogP contribution in [0.3, 0.4) is 0 Å². The number of aromatic nitrogens is 1.